The second-order valence-corrected chi connectivity index (χ2v) is 16.0. The fraction of sp³-hybridized carbons (Fsp3) is 0.182. The largest absolute Gasteiger partial charge is 0.323 e. The van der Waals surface area contributed by atoms with Gasteiger partial charge in [0, 0.05) is 11.4 Å². The predicted molar refractivity (Wildman–Crippen MR) is 252 cm³/mol. The van der Waals surface area contributed by atoms with Crippen LogP contribution in [-0.4, -0.2) is 47.3 Å². The summed E-state index contributed by atoms with van der Waals surface area (Å²) in [6.45, 7) is 5.96. The van der Waals surface area contributed by atoms with E-state index in [0.29, 0.717) is 35.3 Å². The number of rotatable bonds is 16. The first kappa shape index (κ1) is 49.3. The number of benzene rings is 5. The molecule has 0 aliphatic rings. The van der Waals surface area contributed by atoms with Crippen LogP contribution in [0, 0.1) is 0 Å². The number of anilines is 4. The molecule has 4 amide bonds. The van der Waals surface area contributed by atoms with Gasteiger partial charge in [0.05, 0.1) is 52.6 Å². The van der Waals surface area contributed by atoms with Crippen LogP contribution in [0.5, 0.6) is 0 Å². The molecule has 0 saturated carbocycles. The van der Waals surface area contributed by atoms with Crippen LogP contribution in [0.15, 0.2) is 105 Å². The summed E-state index contributed by atoms with van der Waals surface area (Å²) in [5.41, 5.74) is 2.34. The van der Waals surface area contributed by atoms with Gasteiger partial charge < -0.3 is 21.3 Å². The van der Waals surface area contributed by atoms with Crippen molar-refractivity contribution in [3.8, 4) is 0 Å². The van der Waals surface area contributed by atoms with Gasteiger partial charge in [0.1, 0.15) is 11.4 Å². The molecule has 5 rings (SSSR count). The molecule has 0 aliphatic carbocycles. The summed E-state index contributed by atoms with van der Waals surface area (Å²) in [5, 5.41) is 27.4. The van der Waals surface area contributed by atoms with Crippen molar-refractivity contribution in [3.05, 3.63) is 137 Å². The van der Waals surface area contributed by atoms with Gasteiger partial charge in [-0.05, 0) is 98.5 Å². The summed E-state index contributed by atoms with van der Waals surface area (Å²) in [7, 11) is 0. The maximum Gasteiger partial charge on any atom is 0.258 e. The second-order valence-electron chi connectivity index (χ2n) is 13.7. The van der Waals surface area contributed by atoms with Crippen LogP contribution in [0.4, 0.5) is 34.1 Å². The Kier molecular flexibility index (Phi) is 17.1. The van der Waals surface area contributed by atoms with Crippen LogP contribution in [0.1, 0.15) is 59.5 Å². The molecule has 0 radical (unpaired) electrons. The van der Waals surface area contributed by atoms with Gasteiger partial charge in [0.15, 0.2) is 11.6 Å². The first-order valence-electron chi connectivity index (χ1n) is 19.1. The van der Waals surface area contributed by atoms with Gasteiger partial charge in [0.25, 0.3) is 23.6 Å². The number of nitrogens with one attached hydrogen (secondary N) is 4. The minimum absolute atomic E-state index is 0.0104. The summed E-state index contributed by atoms with van der Waals surface area (Å²) in [6.07, 6.45) is 0.725. The Bertz CT molecular complexity index is 2560. The van der Waals surface area contributed by atoms with Crippen molar-refractivity contribution in [2.45, 2.75) is 52.6 Å². The Morgan fingerprint density at radius 1 is 0.484 bits per heavy atom. The average Bonchev–Trinajstić information content (AvgIpc) is 3.25. The molecule has 5 aromatic carbocycles. The Balaban J connectivity index is 1.32. The van der Waals surface area contributed by atoms with E-state index in [9.17, 15) is 28.8 Å². The topological polar surface area (TPSA) is 200 Å². The third-order valence-electron chi connectivity index (χ3n) is 9.28. The minimum Gasteiger partial charge on any atom is -0.323 e. The first-order chi connectivity index (χ1) is 30.4. The number of nitrogens with zero attached hydrogens (tertiary/aromatic N) is 4. The number of hydrogen-bond acceptors (Lipinski definition) is 10. The highest BCUT2D eigenvalue weighted by molar-refractivity contribution is 6.45. The molecule has 330 valence electrons. The fourth-order valence-electron chi connectivity index (χ4n) is 5.91. The lowest BCUT2D eigenvalue weighted by atomic mass is 10.0. The minimum atomic E-state index is -1.61. The number of ketones is 2. The number of halogens is 6. The zero-order chi connectivity index (χ0) is 46.8. The van der Waals surface area contributed by atoms with E-state index in [2.05, 4.69) is 41.7 Å². The van der Waals surface area contributed by atoms with Crippen LogP contribution >= 0.6 is 69.6 Å². The monoisotopic (exact) mass is 982 g/mol. The van der Waals surface area contributed by atoms with E-state index in [1.54, 1.807) is 48.5 Å². The van der Waals surface area contributed by atoms with Crippen LogP contribution in [0.2, 0.25) is 30.1 Å². The highest BCUT2D eigenvalue weighted by Crippen LogP contribution is 2.35. The summed E-state index contributed by atoms with van der Waals surface area (Å²) >= 11 is 37.6. The van der Waals surface area contributed by atoms with Crippen LogP contribution < -0.4 is 21.3 Å². The van der Waals surface area contributed by atoms with E-state index >= 15 is 0 Å². The van der Waals surface area contributed by atoms with Gasteiger partial charge >= 0.3 is 0 Å². The normalized spacial score (nSPS) is 12.2. The Hall–Kier alpha value is -5.74. The summed E-state index contributed by atoms with van der Waals surface area (Å²) in [6, 6.07) is 18.3. The molecule has 0 spiro atoms. The van der Waals surface area contributed by atoms with Crippen LogP contribution in [0.25, 0.3) is 0 Å². The lowest BCUT2D eigenvalue weighted by molar-refractivity contribution is -0.127. The number of hydrogen-bond donors (Lipinski definition) is 4. The van der Waals surface area contributed by atoms with Gasteiger partial charge in [-0.25, -0.2) is 0 Å². The standard InChI is InChI=1S/C44H36Cl6N8O6/c1-5-23-19-34(54-44(64)40(22(4)60)58-56-32-18-8-12-26(36(32)48)42(62)52-30-16-10-14-28(46)38(30)50)24(6-2)20-33(23)53-43(63)39(21(3)59)57-55-31-17-7-11-25(35(31)47)41(61)51-29-15-9-13-27(45)37(29)49/h7-20,39-40H,5-6H2,1-4H3,(H,51,61)(H,52,62)(H,53,63)(H,54,64). The highest BCUT2D eigenvalue weighted by atomic mass is 35.5. The van der Waals surface area contributed by atoms with Crippen molar-refractivity contribution in [2.75, 3.05) is 21.3 Å². The fourth-order valence-corrected chi connectivity index (χ4v) is 7.11. The molecule has 64 heavy (non-hydrogen) atoms. The van der Waals surface area contributed by atoms with Gasteiger partial charge in [-0.1, -0.05) is 108 Å². The van der Waals surface area contributed by atoms with E-state index in [-0.39, 0.29) is 64.0 Å². The smallest absolute Gasteiger partial charge is 0.258 e. The molecular formula is C44H36Cl6N8O6. The van der Waals surface area contributed by atoms with Gasteiger partial charge in [-0.15, -0.1) is 0 Å². The van der Waals surface area contributed by atoms with E-state index in [1.165, 1.54) is 50.2 Å². The Labute approximate surface area is 397 Å². The van der Waals surface area contributed by atoms with Crippen molar-refractivity contribution < 1.29 is 28.8 Å². The lowest BCUT2D eigenvalue weighted by Crippen LogP contribution is -2.33. The van der Waals surface area contributed by atoms with Gasteiger partial charge in [-0.3, -0.25) is 28.8 Å². The SMILES string of the molecule is CCc1cc(NC(=O)C(N=Nc2cccc(C(=O)Nc3cccc(Cl)c3Cl)c2Cl)C(C)=O)c(CC)cc1NC(=O)C(N=Nc1cccc(C(=O)Nc2cccc(Cl)c2Cl)c1Cl)C(C)=O. The van der Waals surface area contributed by atoms with Crippen molar-refractivity contribution in [2.24, 2.45) is 20.5 Å². The number of azo groups is 2. The third-order valence-corrected chi connectivity index (χ3v) is 11.7. The number of carbonyl (C=O) groups is 6. The van der Waals surface area contributed by atoms with Gasteiger partial charge in [-0.2, -0.15) is 20.5 Å². The molecule has 0 bridgehead atoms. The zero-order valence-corrected chi connectivity index (χ0v) is 38.7. The van der Waals surface area contributed by atoms with E-state index in [0.717, 1.165) is 0 Å². The third kappa shape index (κ3) is 11.9. The number of Topliss-reactive ketones (excluding diaryl/α,β-unsaturated/α-hetero) is 2. The van der Waals surface area contributed by atoms with Gasteiger partial charge in [0.2, 0.25) is 12.1 Å². The molecule has 5 aromatic rings. The molecule has 20 heteroatoms. The second kappa shape index (κ2) is 22.2. The molecule has 0 fully saturated rings. The molecule has 14 nitrogen and oxygen atoms in total. The molecule has 0 aromatic heterocycles. The molecule has 2 atom stereocenters. The number of amides is 4. The molecule has 2 unspecified atom stereocenters. The zero-order valence-electron chi connectivity index (χ0n) is 34.2. The Morgan fingerprint density at radius 3 is 1.19 bits per heavy atom. The van der Waals surface area contributed by atoms with E-state index in [4.69, 9.17) is 69.6 Å². The van der Waals surface area contributed by atoms with E-state index < -0.39 is 47.3 Å². The summed E-state index contributed by atoms with van der Waals surface area (Å²) in [5.74, 6) is -4.14. The Morgan fingerprint density at radius 2 is 0.844 bits per heavy atom. The predicted octanol–water partition coefficient (Wildman–Crippen LogP) is 12.6. The maximum absolute atomic E-state index is 13.6. The average molecular weight is 986 g/mol. The molecular weight excluding hydrogens is 949 g/mol. The molecule has 0 aliphatic heterocycles. The number of aryl methyl sites for hydroxylation is 2. The van der Waals surface area contributed by atoms with Crippen LogP contribution in [0.3, 0.4) is 0 Å². The van der Waals surface area contributed by atoms with Crippen molar-refractivity contribution >= 4 is 139 Å². The summed E-state index contributed by atoms with van der Waals surface area (Å²) in [4.78, 5) is 78.8. The lowest BCUT2D eigenvalue weighted by Gasteiger charge is -2.18. The molecule has 0 heterocycles. The maximum atomic E-state index is 13.6. The van der Waals surface area contributed by atoms with Crippen LogP contribution in [-0.2, 0) is 32.0 Å². The summed E-state index contributed by atoms with van der Waals surface area (Å²) < 4.78 is 0. The van der Waals surface area contributed by atoms with Crippen molar-refractivity contribution in [3.63, 3.8) is 0 Å². The molecule has 4 N–H and O–H groups in total. The quantitative estimate of drug-likeness (QED) is 0.0560. The molecule has 0 saturated heterocycles. The van der Waals surface area contributed by atoms with E-state index in [1.807, 2.05) is 13.8 Å². The van der Waals surface area contributed by atoms with Crippen molar-refractivity contribution in [1.29, 1.82) is 0 Å². The first-order valence-corrected chi connectivity index (χ1v) is 21.4. The number of carbonyl (C=O) groups excluding carboxylic acids is 6. The highest BCUT2D eigenvalue weighted by Gasteiger charge is 2.27. The van der Waals surface area contributed by atoms with Crippen molar-refractivity contribution in [1.82, 2.24) is 0 Å².